The molecule has 0 spiro atoms. The Hall–Kier alpha value is -1.88. The molecule has 0 saturated carbocycles. The van der Waals surface area contributed by atoms with Crippen LogP contribution in [0.2, 0.25) is 0 Å². The highest BCUT2D eigenvalue weighted by molar-refractivity contribution is 5.96. The molecule has 5 heteroatoms. The van der Waals surface area contributed by atoms with Gasteiger partial charge in [-0.3, -0.25) is 14.5 Å². The second kappa shape index (κ2) is 6.52. The van der Waals surface area contributed by atoms with E-state index in [4.69, 9.17) is 5.11 Å². The second-order valence-electron chi connectivity index (χ2n) is 5.27. The van der Waals surface area contributed by atoms with E-state index in [9.17, 15) is 9.59 Å². The molecule has 1 amide bonds. The fourth-order valence-electron chi connectivity index (χ4n) is 2.37. The van der Waals surface area contributed by atoms with E-state index in [-0.39, 0.29) is 6.04 Å². The molecule has 0 aliphatic carbocycles. The van der Waals surface area contributed by atoms with Crippen LogP contribution in [0.15, 0.2) is 30.3 Å². The molecule has 0 radical (unpaired) electrons. The van der Waals surface area contributed by atoms with E-state index >= 15 is 0 Å². The number of rotatable bonds is 5. The Kier molecular flexibility index (Phi) is 4.74. The van der Waals surface area contributed by atoms with Crippen LogP contribution in [0.25, 0.3) is 0 Å². The fraction of sp³-hybridized carbons (Fsp3) is 0.467. The summed E-state index contributed by atoms with van der Waals surface area (Å²) in [6.07, 6.45) is 0.866. The van der Waals surface area contributed by atoms with Gasteiger partial charge in [0, 0.05) is 25.7 Å². The molecule has 108 valence electrons. The molecule has 2 N–H and O–H groups in total. The Morgan fingerprint density at radius 1 is 1.40 bits per heavy atom. The van der Waals surface area contributed by atoms with Crippen molar-refractivity contribution in [2.75, 3.05) is 13.1 Å². The highest BCUT2D eigenvalue weighted by Gasteiger charge is 2.27. The maximum atomic E-state index is 11.7. The Bertz CT molecular complexity index is 475. The van der Waals surface area contributed by atoms with Gasteiger partial charge in [0.25, 0.3) is 0 Å². The Morgan fingerprint density at radius 3 is 2.75 bits per heavy atom. The maximum absolute atomic E-state index is 11.7. The number of hydrogen-bond acceptors (Lipinski definition) is 3. The lowest BCUT2D eigenvalue weighted by atomic mass is 10.1. The zero-order valence-corrected chi connectivity index (χ0v) is 11.6. The highest BCUT2D eigenvalue weighted by Crippen LogP contribution is 2.14. The summed E-state index contributed by atoms with van der Waals surface area (Å²) in [5.41, 5.74) is 1.25. The van der Waals surface area contributed by atoms with Crippen LogP contribution >= 0.6 is 0 Å². The van der Waals surface area contributed by atoms with Crippen LogP contribution in [0.1, 0.15) is 18.9 Å². The maximum Gasteiger partial charge on any atom is 0.315 e. The first-order valence-electron chi connectivity index (χ1n) is 6.85. The van der Waals surface area contributed by atoms with Crippen molar-refractivity contribution in [1.29, 1.82) is 0 Å². The van der Waals surface area contributed by atoms with Gasteiger partial charge in [0.15, 0.2) is 0 Å². The summed E-state index contributed by atoms with van der Waals surface area (Å²) in [6, 6.07) is 10.2. The van der Waals surface area contributed by atoms with Crippen LogP contribution in [-0.4, -0.2) is 41.0 Å². The van der Waals surface area contributed by atoms with Crippen molar-refractivity contribution >= 4 is 11.9 Å². The Labute approximate surface area is 118 Å². The molecule has 0 bridgehead atoms. The molecule has 1 saturated heterocycles. The van der Waals surface area contributed by atoms with Gasteiger partial charge in [0.05, 0.1) is 0 Å². The first-order chi connectivity index (χ1) is 9.56. The van der Waals surface area contributed by atoms with Crippen LogP contribution in [0.4, 0.5) is 0 Å². The van der Waals surface area contributed by atoms with Gasteiger partial charge < -0.3 is 10.4 Å². The predicted molar refractivity (Wildman–Crippen MR) is 75.1 cm³/mol. The van der Waals surface area contributed by atoms with Gasteiger partial charge in [-0.05, 0) is 18.9 Å². The van der Waals surface area contributed by atoms with E-state index in [1.54, 1.807) is 0 Å². The standard InChI is InChI=1S/C15H20N2O3/c1-11(15(19)20)14(18)16-13-7-8-17(10-13)9-12-5-3-2-4-6-12/h2-6,11,13H,7-10H2,1H3,(H,16,18)(H,19,20). The molecule has 20 heavy (non-hydrogen) atoms. The second-order valence-corrected chi connectivity index (χ2v) is 5.27. The van der Waals surface area contributed by atoms with Gasteiger partial charge in [0.1, 0.15) is 5.92 Å². The van der Waals surface area contributed by atoms with Crippen molar-refractivity contribution < 1.29 is 14.7 Å². The normalized spacial score (nSPS) is 20.6. The summed E-state index contributed by atoms with van der Waals surface area (Å²) < 4.78 is 0. The molecular formula is C15H20N2O3. The van der Waals surface area contributed by atoms with Crippen molar-refractivity contribution in [2.24, 2.45) is 5.92 Å². The summed E-state index contributed by atoms with van der Waals surface area (Å²) in [5, 5.41) is 11.6. The minimum atomic E-state index is -1.08. The smallest absolute Gasteiger partial charge is 0.315 e. The topological polar surface area (TPSA) is 69.6 Å². The van der Waals surface area contributed by atoms with Gasteiger partial charge >= 0.3 is 5.97 Å². The molecule has 1 heterocycles. The average molecular weight is 276 g/mol. The number of nitrogens with zero attached hydrogens (tertiary/aromatic N) is 1. The molecule has 1 fully saturated rings. The monoisotopic (exact) mass is 276 g/mol. The van der Waals surface area contributed by atoms with E-state index < -0.39 is 17.8 Å². The molecule has 1 aliphatic heterocycles. The number of carboxylic acid groups (broad SMARTS) is 1. The van der Waals surface area contributed by atoms with Crippen LogP contribution in [0, 0.1) is 5.92 Å². The van der Waals surface area contributed by atoms with Gasteiger partial charge in [-0.2, -0.15) is 0 Å². The van der Waals surface area contributed by atoms with Crippen molar-refractivity contribution in [1.82, 2.24) is 10.2 Å². The van der Waals surface area contributed by atoms with Crippen molar-refractivity contribution in [3.63, 3.8) is 0 Å². The van der Waals surface area contributed by atoms with Crippen LogP contribution < -0.4 is 5.32 Å². The molecule has 2 unspecified atom stereocenters. The quantitative estimate of drug-likeness (QED) is 0.790. The van der Waals surface area contributed by atoms with E-state index in [1.807, 2.05) is 18.2 Å². The van der Waals surface area contributed by atoms with E-state index in [1.165, 1.54) is 12.5 Å². The number of carbonyl (C=O) groups is 2. The minimum absolute atomic E-state index is 0.0491. The van der Waals surface area contributed by atoms with Crippen LogP contribution in [0.3, 0.4) is 0 Å². The van der Waals surface area contributed by atoms with Crippen LogP contribution in [0.5, 0.6) is 0 Å². The molecular weight excluding hydrogens is 256 g/mol. The van der Waals surface area contributed by atoms with Gasteiger partial charge in [-0.25, -0.2) is 0 Å². The third-order valence-corrected chi connectivity index (χ3v) is 3.63. The van der Waals surface area contributed by atoms with Gasteiger partial charge in [-0.1, -0.05) is 30.3 Å². The first-order valence-corrected chi connectivity index (χ1v) is 6.85. The lowest BCUT2D eigenvalue weighted by Gasteiger charge is -2.17. The number of hydrogen-bond donors (Lipinski definition) is 2. The third-order valence-electron chi connectivity index (χ3n) is 3.63. The third kappa shape index (κ3) is 3.81. The highest BCUT2D eigenvalue weighted by atomic mass is 16.4. The summed E-state index contributed by atoms with van der Waals surface area (Å²) in [4.78, 5) is 24.7. The molecule has 5 nitrogen and oxygen atoms in total. The lowest BCUT2D eigenvalue weighted by molar-refractivity contribution is -0.146. The zero-order valence-electron chi connectivity index (χ0n) is 11.6. The largest absolute Gasteiger partial charge is 0.481 e. The molecule has 1 aromatic carbocycles. The summed E-state index contributed by atoms with van der Waals surface area (Å²) in [6.45, 7) is 3.96. The minimum Gasteiger partial charge on any atom is -0.481 e. The van der Waals surface area contributed by atoms with Gasteiger partial charge in [0.2, 0.25) is 5.91 Å². The zero-order chi connectivity index (χ0) is 14.5. The van der Waals surface area contributed by atoms with Crippen LogP contribution in [-0.2, 0) is 16.1 Å². The predicted octanol–water partition coefficient (Wildman–Crippen LogP) is 1.10. The SMILES string of the molecule is CC(C(=O)O)C(=O)NC1CCN(Cc2ccccc2)C1. The number of nitrogens with one attached hydrogen (secondary N) is 1. The number of carboxylic acids is 1. The first kappa shape index (κ1) is 14.5. The van der Waals surface area contributed by atoms with Crippen molar-refractivity contribution in [3.05, 3.63) is 35.9 Å². The molecule has 1 aromatic rings. The van der Waals surface area contributed by atoms with E-state index in [2.05, 4.69) is 22.3 Å². The van der Waals surface area contributed by atoms with Crippen molar-refractivity contribution in [2.45, 2.75) is 25.9 Å². The number of carbonyl (C=O) groups excluding carboxylic acids is 1. The number of amides is 1. The average Bonchev–Trinajstić information content (AvgIpc) is 2.86. The summed E-state index contributed by atoms with van der Waals surface area (Å²) >= 11 is 0. The van der Waals surface area contributed by atoms with Gasteiger partial charge in [-0.15, -0.1) is 0 Å². The number of aliphatic carboxylic acids is 1. The summed E-state index contributed by atoms with van der Waals surface area (Å²) in [7, 11) is 0. The summed E-state index contributed by atoms with van der Waals surface area (Å²) in [5.74, 6) is -2.47. The van der Waals surface area contributed by atoms with Crippen molar-refractivity contribution in [3.8, 4) is 0 Å². The lowest BCUT2D eigenvalue weighted by Crippen LogP contribution is -2.41. The Balaban J connectivity index is 1.81. The molecule has 2 rings (SSSR count). The molecule has 0 aromatic heterocycles. The van der Waals surface area contributed by atoms with E-state index in [0.717, 1.165) is 26.1 Å². The number of benzene rings is 1. The fourth-order valence-corrected chi connectivity index (χ4v) is 2.37. The number of likely N-dealkylation sites (tertiary alicyclic amines) is 1. The van der Waals surface area contributed by atoms with E-state index in [0.29, 0.717) is 0 Å². The Morgan fingerprint density at radius 2 is 2.10 bits per heavy atom. The molecule has 2 atom stereocenters. The molecule has 1 aliphatic rings.